The zero-order chi connectivity index (χ0) is 25.9. The first kappa shape index (κ1) is 26.1. The first-order valence-corrected chi connectivity index (χ1v) is 13.2. The molecule has 3 aliphatic rings. The lowest BCUT2D eigenvalue weighted by atomic mass is 9.83. The standard InChI is InChI=1S/C27H39N3O6/c1-27(2,3)36-26(34)30-12-11-21(18-30)35-23-10-9-20(17-22(23)19-7-5-4-6-8-19)24(31)28-13-15-29(16-14-28)25(32)33/h9-10,17,19,21H,4-8,11-16,18H2,1-3H3,(H,32,33)/t21-/m0/s1. The first-order valence-electron chi connectivity index (χ1n) is 13.2. The normalized spacial score (nSPS) is 21.4. The van der Waals surface area contributed by atoms with Crippen molar-refractivity contribution in [3.05, 3.63) is 29.3 Å². The van der Waals surface area contributed by atoms with E-state index in [0.29, 0.717) is 50.7 Å². The van der Waals surface area contributed by atoms with Crippen LogP contribution in [0.3, 0.4) is 0 Å². The number of likely N-dealkylation sites (tertiary alicyclic amines) is 1. The lowest BCUT2D eigenvalue weighted by molar-refractivity contribution is 0.0275. The summed E-state index contributed by atoms with van der Waals surface area (Å²) in [6, 6.07) is 5.70. The minimum absolute atomic E-state index is 0.0689. The Balaban J connectivity index is 1.47. The molecule has 1 saturated carbocycles. The molecule has 0 radical (unpaired) electrons. The lowest BCUT2D eigenvalue weighted by Crippen LogP contribution is -2.50. The molecule has 2 heterocycles. The zero-order valence-corrected chi connectivity index (χ0v) is 21.7. The van der Waals surface area contributed by atoms with Crippen molar-refractivity contribution in [1.82, 2.24) is 14.7 Å². The predicted molar refractivity (Wildman–Crippen MR) is 135 cm³/mol. The SMILES string of the molecule is CC(C)(C)OC(=O)N1CC[C@H](Oc2ccc(C(=O)N3CCN(C(=O)O)CC3)cc2C2CCCCC2)C1. The van der Waals surface area contributed by atoms with Crippen molar-refractivity contribution in [2.24, 2.45) is 0 Å². The fourth-order valence-corrected chi connectivity index (χ4v) is 5.30. The highest BCUT2D eigenvalue weighted by atomic mass is 16.6. The topological polar surface area (TPSA) is 99.6 Å². The van der Waals surface area contributed by atoms with Crippen molar-refractivity contribution < 1.29 is 29.0 Å². The molecule has 0 unspecified atom stereocenters. The third-order valence-electron chi connectivity index (χ3n) is 7.23. The average Bonchev–Trinajstić information content (AvgIpc) is 3.32. The van der Waals surface area contributed by atoms with Gasteiger partial charge >= 0.3 is 12.2 Å². The quantitative estimate of drug-likeness (QED) is 0.649. The Hall–Kier alpha value is -2.97. The van der Waals surface area contributed by atoms with Crippen LogP contribution in [0.4, 0.5) is 9.59 Å². The monoisotopic (exact) mass is 501 g/mol. The molecule has 4 rings (SSSR count). The summed E-state index contributed by atoms with van der Waals surface area (Å²) in [5.41, 5.74) is 1.15. The molecule has 2 saturated heterocycles. The van der Waals surface area contributed by atoms with E-state index in [4.69, 9.17) is 9.47 Å². The molecule has 0 aromatic heterocycles. The maximum absolute atomic E-state index is 13.3. The van der Waals surface area contributed by atoms with Gasteiger partial charge in [0.2, 0.25) is 0 Å². The van der Waals surface area contributed by atoms with Gasteiger partial charge in [0.05, 0.1) is 6.54 Å². The van der Waals surface area contributed by atoms with Crippen LogP contribution in [-0.4, -0.2) is 88.9 Å². The van der Waals surface area contributed by atoms with E-state index < -0.39 is 11.7 Å². The maximum Gasteiger partial charge on any atom is 0.410 e. The maximum atomic E-state index is 13.3. The predicted octanol–water partition coefficient (Wildman–Crippen LogP) is 4.56. The zero-order valence-electron chi connectivity index (χ0n) is 21.7. The molecule has 198 valence electrons. The Kier molecular flexibility index (Phi) is 7.95. The second-order valence-corrected chi connectivity index (χ2v) is 11.1. The Morgan fingerprint density at radius 2 is 1.56 bits per heavy atom. The molecule has 9 nitrogen and oxygen atoms in total. The van der Waals surface area contributed by atoms with Crippen molar-refractivity contribution >= 4 is 18.1 Å². The van der Waals surface area contributed by atoms with Crippen LogP contribution in [0.25, 0.3) is 0 Å². The van der Waals surface area contributed by atoms with Crippen LogP contribution >= 0.6 is 0 Å². The van der Waals surface area contributed by atoms with Crippen molar-refractivity contribution in [2.45, 2.75) is 76.9 Å². The number of nitrogens with zero attached hydrogens (tertiary/aromatic N) is 3. The third-order valence-corrected chi connectivity index (χ3v) is 7.23. The van der Waals surface area contributed by atoms with Gasteiger partial charge in [-0.15, -0.1) is 0 Å². The summed E-state index contributed by atoms with van der Waals surface area (Å²) in [7, 11) is 0. The van der Waals surface area contributed by atoms with Gasteiger partial charge in [-0.05, 0) is 63.3 Å². The van der Waals surface area contributed by atoms with Gasteiger partial charge in [-0.25, -0.2) is 9.59 Å². The summed E-state index contributed by atoms with van der Waals surface area (Å²) in [5.74, 6) is 1.07. The molecular formula is C27H39N3O6. The molecule has 1 atom stereocenters. The fraction of sp³-hybridized carbons (Fsp3) is 0.667. The van der Waals surface area contributed by atoms with Crippen molar-refractivity contribution in [1.29, 1.82) is 0 Å². The molecule has 2 aliphatic heterocycles. The number of hydrogen-bond acceptors (Lipinski definition) is 5. The van der Waals surface area contributed by atoms with E-state index in [0.717, 1.165) is 43.4 Å². The van der Waals surface area contributed by atoms with E-state index in [-0.39, 0.29) is 18.1 Å². The third kappa shape index (κ3) is 6.42. The molecule has 3 fully saturated rings. The Bertz CT molecular complexity index is 961. The van der Waals surface area contributed by atoms with Gasteiger partial charge in [-0.3, -0.25) is 4.79 Å². The molecule has 36 heavy (non-hydrogen) atoms. The molecule has 0 bridgehead atoms. The van der Waals surface area contributed by atoms with Gasteiger partial charge < -0.3 is 29.3 Å². The number of rotatable bonds is 4. The van der Waals surface area contributed by atoms with Gasteiger partial charge in [0, 0.05) is 44.7 Å². The largest absolute Gasteiger partial charge is 0.488 e. The van der Waals surface area contributed by atoms with Gasteiger partial charge in [0.25, 0.3) is 5.91 Å². The molecule has 1 aromatic rings. The smallest absolute Gasteiger partial charge is 0.410 e. The van der Waals surface area contributed by atoms with Crippen LogP contribution in [-0.2, 0) is 4.74 Å². The van der Waals surface area contributed by atoms with Crippen molar-refractivity contribution in [2.75, 3.05) is 39.3 Å². The van der Waals surface area contributed by atoms with Crippen LogP contribution in [0, 0.1) is 0 Å². The van der Waals surface area contributed by atoms with Crippen LogP contribution in [0.1, 0.15) is 81.1 Å². The Labute approximate surface area is 213 Å². The number of carbonyl (C=O) groups excluding carboxylic acids is 2. The van der Waals surface area contributed by atoms with E-state index in [1.54, 1.807) is 9.80 Å². The second-order valence-electron chi connectivity index (χ2n) is 11.1. The van der Waals surface area contributed by atoms with E-state index in [1.807, 2.05) is 39.0 Å². The summed E-state index contributed by atoms with van der Waals surface area (Å²) in [5, 5.41) is 9.18. The average molecular weight is 502 g/mol. The first-order chi connectivity index (χ1) is 17.1. The van der Waals surface area contributed by atoms with Crippen LogP contribution in [0.5, 0.6) is 5.75 Å². The van der Waals surface area contributed by atoms with Crippen LogP contribution < -0.4 is 4.74 Å². The van der Waals surface area contributed by atoms with E-state index in [2.05, 4.69) is 0 Å². The number of hydrogen-bond donors (Lipinski definition) is 1. The number of benzene rings is 1. The second kappa shape index (κ2) is 11.0. The summed E-state index contributed by atoms with van der Waals surface area (Å²) >= 11 is 0. The minimum Gasteiger partial charge on any atom is -0.488 e. The summed E-state index contributed by atoms with van der Waals surface area (Å²) in [6.45, 7) is 8.10. The van der Waals surface area contributed by atoms with Crippen molar-refractivity contribution in [3.63, 3.8) is 0 Å². The van der Waals surface area contributed by atoms with E-state index in [1.165, 1.54) is 11.3 Å². The van der Waals surface area contributed by atoms with E-state index in [9.17, 15) is 19.5 Å². The highest BCUT2D eigenvalue weighted by Crippen LogP contribution is 2.39. The molecule has 1 aromatic carbocycles. The summed E-state index contributed by atoms with van der Waals surface area (Å²) < 4.78 is 12.0. The Morgan fingerprint density at radius 3 is 2.19 bits per heavy atom. The molecular weight excluding hydrogens is 462 g/mol. The van der Waals surface area contributed by atoms with E-state index >= 15 is 0 Å². The molecule has 3 amide bonds. The molecule has 9 heteroatoms. The lowest BCUT2D eigenvalue weighted by Gasteiger charge is -2.33. The number of carboxylic acid groups (broad SMARTS) is 1. The van der Waals surface area contributed by atoms with Crippen LogP contribution in [0.2, 0.25) is 0 Å². The van der Waals surface area contributed by atoms with Crippen LogP contribution in [0.15, 0.2) is 18.2 Å². The highest BCUT2D eigenvalue weighted by Gasteiger charge is 2.32. The van der Waals surface area contributed by atoms with Gasteiger partial charge in [0.1, 0.15) is 17.5 Å². The van der Waals surface area contributed by atoms with Gasteiger partial charge in [-0.1, -0.05) is 19.3 Å². The molecule has 0 spiro atoms. The summed E-state index contributed by atoms with van der Waals surface area (Å²) in [6.07, 6.45) is 5.05. The summed E-state index contributed by atoms with van der Waals surface area (Å²) in [4.78, 5) is 41.7. The number of ether oxygens (including phenoxy) is 2. The molecule has 1 N–H and O–H groups in total. The molecule has 1 aliphatic carbocycles. The number of piperazine rings is 1. The van der Waals surface area contributed by atoms with Crippen molar-refractivity contribution in [3.8, 4) is 5.75 Å². The number of carbonyl (C=O) groups is 3. The highest BCUT2D eigenvalue weighted by molar-refractivity contribution is 5.95. The Morgan fingerprint density at radius 1 is 0.889 bits per heavy atom. The minimum atomic E-state index is -0.944. The number of amides is 3. The van der Waals surface area contributed by atoms with Gasteiger partial charge in [-0.2, -0.15) is 0 Å². The fourth-order valence-electron chi connectivity index (χ4n) is 5.30. The van der Waals surface area contributed by atoms with Gasteiger partial charge in [0.15, 0.2) is 0 Å².